The van der Waals surface area contributed by atoms with Gasteiger partial charge in [-0.25, -0.2) is 13.8 Å². The molecular formula is C14H7ClF2N2O. The molecule has 0 bridgehead atoms. The van der Waals surface area contributed by atoms with Crippen molar-refractivity contribution in [3.8, 4) is 11.4 Å². The minimum atomic E-state index is -1.17. The zero-order chi connectivity index (χ0) is 14.3. The van der Waals surface area contributed by atoms with Crippen molar-refractivity contribution < 1.29 is 8.78 Å². The van der Waals surface area contributed by atoms with Gasteiger partial charge in [-0.2, -0.15) is 0 Å². The maximum Gasteiger partial charge on any atom is 0.259 e. The van der Waals surface area contributed by atoms with E-state index in [1.54, 1.807) is 24.3 Å². The average Bonchev–Trinajstić information content (AvgIpc) is 2.45. The van der Waals surface area contributed by atoms with Crippen LogP contribution >= 0.6 is 11.6 Å². The number of benzene rings is 2. The third kappa shape index (κ3) is 1.96. The molecular weight excluding hydrogens is 286 g/mol. The lowest BCUT2D eigenvalue weighted by atomic mass is 10.1. The zero-order valence-corrected chi connectivity index (χ0v) is 10.7. The summed E-state index contributed by atoms with van der Waals surface area (Å²) in [7, 11) is 0. The number of halogens is 3. The topological polar surface area (TPSA) is 45.8 Å². The van der Waals surface area contributed by atoms with Crippen LogP contribution in [0.1, 0.15) is 0 Å². The summed E-state index contributed by atoms with van der Waals surface area (Å²) in [5, 5.41) is 0.0560. The van der Waals surface area contributed by atoms with Crippen LogP contribution in [0.15, 0.2) is 41.2 Å². The smallest absolute Gasteiger partial charge is 0.259 e. The Morgan fingerprint density at radius 3 is 2.60 bits per heavy atom. The maximum absolute atomic E-state index is 13.9. The fraction of sp³-hybridized carbons (Fsp3) is 0. The molecule has 3 nitrogen and oxygen atoms in total. The minimum Gasteiger partial charge on any atom is -0.306 e. The summed E-state index contributed by atoms with van der Waals surface area (Å²) in [6.07, 6.45) is 0. The Hall–Kier alpha value is -2.27. The van der Waals surface area contributed by atoms with Gasteiger partial charge in [0.1, 0.15) is 5.82 Å². The van der Waals surface area contributed by atoms with Crippen LogP contribution in [0.3, 0.4) is 0 Å². The van der Waals surface area contributed by atoms with E-state index in [2.05, 4.69) is 9.97 Å². The molecule has 1 N–H and O–H groups in total. The maximum atomic E-state index is 13.9. The van der Waals surface area contributed by atoms with Crippen LogP contribution in [0.5, 0.6) is 0 Å². The first-order valence-corrected chi connectivity index (χ1v) is 6.08. The quantitative estimate of drug-likeness (QED) is 0.698. The van der Waals surface area contributed by atoms with Crippen molar-refractivity contribution in [2.75, 3.05) is 0 Å². The highest BCUT2D eigenvalue weighted by atomic mass is 35.5. The molecule has 0 spiro atoms. The Kier molecular flexibility index (Phi) is 2.99. The summed E-state index contributed by atoms with van der Waals surface area (Å²) >= 11 is 5.49. The molecule has 0 fully saturated rings. The third-order valence-corrected chi connectivity index (χ3v) is 3.20. The fourth-order valence-electron chi connectivity index (χ4n) is 1.92. The summed E-state index contributed by atoms with van der Waals surface area (Å²) in [4.78, 5) is 18.5. The second-order valence-corrected chi connectivity index (χ2v) is 4.56. The Bertz CT molecular complexity index is 877. The molecule has 20 heavy (non-hydrogen) atoms. The molecule has 0 radical (unpaired) electrons. The van der Waals surface area contributed by atoms with Crippen LogP contribution in [0, 0.1) is 11.6 Å². The predicted octanol–water partition coefficient (Wildman–Crippen LogP) is 3.52. The molecule has 0 aliphatic heterocycles. The Morgan fingerprint density at radius 1 is 1.05 bits per heavy atom. The number of para-hydroxylation sites is 1. The van der Waals surface area contributed by atoms with Gasteiger partial charge >= 0.3 is 0 Å². The highest BCUT2D eigenvalue weighted by Crippen LogP contribution is 2.26. The number of nitrogens with zero attached hydrogens (tertiary/aromatic N) is 1. The third-order valence-electron chi connectivity index (χ3n) is 2.90. The summed E-state index contributed by atoms with van der Waals surface area (Å²) in [6.45, 7) is 0. The van der Waals surface area contributed by atoms with Crippen molar-refractivity contribution in [3.63, 3.8) is 0 Å². The first-order chi connectivity index (χ1) is 9.58. The summed E-state index contributed by atoms with van der Waals surface area (Å²) in [6, 6.07) is 9.11. The van der Waals surface area contributed by atoms with Crippen LogP contribution in [0.2, 0.25) is 5.02 Å². The summed E-state index contributed by atoms with van der Waals surface area (Å²) < 4.78 is 27.3. The molecule has 0 atom stereocenters. The fourth-order valence-corrected chi connectivity index (χ4v) is 2.07. The lowest BCUT2D eigenvalue weighted by Gasteiger charge is -2.05. The van der Waals surface area contributed by atoms with Gasteiger partial charge in [-0.1, -0.05) is 23.7 Å². The standard InChI is InChI=1S/C14H7ClF2N2O/c15-9-6-5-8(11(16)12(9)17)13-18-10-4-2-1-3-7(10)14(20)19-13/h1-6H,(H,18,19,20). The van der Waals surface area contributed by atoms with E-state index in [4.69, 9.17) is 11.6 Å². The van der Waals surface area contributed by atoms with Gasteiger partial charge in [0, 0.05) is 0 Å². The molecule has 0 unspecified atom stereocenters. The van der Waals surface area contributed by atoms with E-state index in [-0.39, 0.29) is 16.4 Å². The molecule has 1 heterocycles. The summed E-state index contributed by atoms with van der Waals surface area (Å²) in [5.41, 5.74) is -0.156. The van der Waals surface area contributed by atoms with Crippen LogP contribution in [-0.4, -0.2) is 9.97 Å². The van der Waals surface area contributed by atoms with Gasteiger partial charge in [0.05, 0.1) is 21.5 Å². The molecule has 0 aliphatic rings. The van der Waals surface area contributed by atoms with Crippen molar-refractivity contribution in [2.24, 2.45) is 0 Å². The van der Waals surface area contributed by atoms with Gasteiger partial charge in [0.2, 0.25) is 0 Å². The van der Waals surface area contributed by atoms with Gasteiger partial charge in [0.15, 0.2) is 11.6 Å². The molecule has 3 aromatic rings. The van der Waals surface area contributed by atoms with E-state index in [1.807, 2.05) is 0 Å². The number of aromatic nitrogens is 2. The molecule has 2 aromatic carbocycles. The molecule has 0 saturated carbocycles. The lowest BCUT2D eigenvalue weighted by Crippen LogP contribution is -2.10. The average molecular weight is 293 g/mol. The monoisotopic (exact) mass is 292 g/mol. The van der Waals surface area contributed by atoms with Crippen molar-refractivity contribution >= 4 is 22.5 Å². The Morgan fingerprint density at radius 2 is 1.80 bits per heavy atom. The second kappa shape index (κ2) is 4.68. The van der Waals surface area contributed by atoms with Gasteiger partial charge in [-0.15, -0.1) is 0 Å². The number of rotatable bonds is 1. The Balaban J connectivity index is 2.31. The zero-order valence-electron chi connectivity index (χ0n) is 9.95. The van der Waals surface area contributed by atoms with Crippen LogP contribution in [0.25, 0.3) is 22.3 Å². The summed E-state index contributed by atoms with van der Waals surface area (Å²) in [5.74, 6) is -2.35. The van der Waals surface area contributed by atoms with E-state index in [9.17, 15) is 13.6 Å². The molecule has 1 aromatic heterocycles. The van der Waals surface area contributed by atoms with Gasteiger partial charge in [-0.05, 0) is 24.3 Å². The van der Waals surface area contributed by atoms with E-state index in [0.29, 0.717) is 10.9 Å². The molecule has 100 valence electrons. The Labute approximate surface area is 116 Å². The van der Waals surface area contributed by atoms with E-state index in [1.165, 1.54) is 12.1 Å². The van der Waals surface area contributed by atoms with Crippen LogP contribution < -0.4 is 5.56 Å². The highest BCUT2D eigenvalue weighted by molar-refractivity contribution is 6.30. The lowest BCUT2D eigenvalue weighted by molar-refractivity contribution is 0.511. The van der Waals surface area contributed by atoms with E-state index < -0.39 is 17.2 Å². The van der Waals surface area contributed by atoms with Gasteiger partial charge < -0.3 is 4.98 Å². The van der Waals surface area contributed by atoms with E-state index in [0.717, 1.165) is 0 Å². The normalized spacial score (nSPS) is 10.9. The number of nitrogens with one attached hydrogen (secondary N) is 1. The number of aromatic amines is 1. The van der Waals surface area contributed by atoms with Gasteiger partial charge in [-0.3, -0.25) is 4.79 Å². The minimum absolute atomic E-state index is 0.0400. The number of hydrogen-bond acceptors (Lipinski definition) is 2. The van der Waals surface area contributed by atoms with Crippen molar-refractivity contribution in [2.45, 2.75) is 0 Å². The highest BCUT2D eigenvalue weighted by Gasteiger charge is 2.16. The van der Waals surface area contributed by atoms with Crippen molar-refractivity contribution in [3.05, 3.63) is 63.4 Å². The van der Waals surface area contributed by atoms with Crippen molar-refractivity contribution in [1.29, 1.82) is 0 Å². The SMILES string of the molecule is O=c1[nH]c(-c2ccc(Cl)c(F)c2F)nc2ccccc12. The van der Waals surface area contributed by atoms with E-state index >= 15 is 0 Å². The number of hydrogen-bond donors (Lipinski definition) is 1. The molecule has 0 saturated heterocycles. The molecule has 6 heteroatoms. The molecule has 0 aliphatic carbocycles. The predicted molar refractivity (Wildman–Crippen MR) is 72.7 cm³/mol. The second-order valence-electron chi connectivity index (χ2n) is 4.15. The molecule has 3 rings (SSSR count). The molecule has 0 amide bonds. The number of H-pyrrole nitrogens is 1. The van der Waals surface area contributed by atoms with Crippen LogP contribution in [-0.2, 0) is 0 Å². The first-order valence-electron chi connectivity index (χ1n) is 5.71. The first kappa shape index (κ1) is 12.7. The van der Waals surface area contributed by atoms with Crippen molar-refractivity contribution in [1.82, 2.24) is 9.97 Å². The number of fused-ring (bicyclic) bond motifs is 1. The van der Waals surface area contributed by atoms with Crippen LogP contribution in [0.4, 0.5) is 8.78 Å². The van der Waals surface area contributed by atoms with Gasteiger partial charge in [0.25, 0.3) is 5.56 Å². The largest absolute Gasteiger partial charge is 0.306 e.